The molecule has 0 saturated heterocycles. The summed E-state index contributed by atoms with van der Waals surface area (Å²) in [6.07, 6.45) is 4.60. The Hall–Kier alpha value is -2.16. The van der Waals surface area contributed by atoms with Gasteiger partial charge < -0.3 is 0 Å². The molecular weight excluding hydrogens is 210 g/mol. The molecule has 0 aromatic carbocycles. The van der Waals surface area contributed by atoms with Crippen LogP contribution >= 0.6 is 0 Å². The van der Waals surface area contributed by atoms with Crippen molar-refractivity contribution in [3.05, 3.63) is 54.5 Å². The Morgan fingerprint density at radius 1 is 1.18 bits per heavy atom. The molecule has 0 fully saturated rings. The first kappa shape index (κ1) is 10.0. The lowest BCUT2D eigenvalue weighted by atomic mass is 10.2. The number of rotatable bonds is 2. The third kappa shape index (κ3) is 1.69. The van der Waals surface area contributed by atoms with Gasteiger partial charge in [0.2, 0.25) is 0 Å². The van der Waals surface area contributed by atoms with E-state index in [4.69, 9.17) is 0 Å². The fourth-order valence-corrected chi connectivity index (χ4v) is 1.97. The van der Waals surface area contributed by atoms with Crippen LogP contribution in [0.4, 0.5) is 0 Å². The van der Waals surface area contributed by atoms with E-state index in [1.165, 1.54) is 0 Å². The molecule has 3 nitrogen and oxygen atoms in total. The normalized spacial score (nSPS) is 10.9. The number of nitrogens with zero attached hydrogens (tertiary/aromatic N) is 3. The van der Waals surface area contributed by atoms with E-state index < -0.39 is 0 Å². The molecule has 0 spiro atoms. The summed E-state index contributed by atoms with van der Waals surface area (Å²) < 4.78 is 1.98. The van der Waals surface area contributed by atoms with Gasteiger partial charge in [-0.2, -0.15) is 5.10 Å². The number of hydrogen-bond donors (Lipinski definition) is 0. The van der Waals surface area contributed by atoms with E-state index in [0.29, 0.717) is 0 Å². The van der Waals surface area contributed by atoms with E-state index >= 15 is 0 Å². The summed E-state index contributed by atoms with van der Waals surface area (Å²) in [6.45, 7) is 2.12. The summed E-state index contributed by atoms with van der Waals surface area (Å²) in [5.74, 6) is 0. The largest absolute Gasteiger partial charge is 0.264 e. The SMILES string of the molecule is CCc1cc2cccc(-c3cccnc3)n2n1. The summed E-state index contributed by atoms with van der Waals surface area (Å²) in [5.41, 5.74) is 4.41. The Morgan fingerprint density at radius 3 is 2.88 bits per heavy atom. The highest BCUT2D eigenvalue weighted by Gasteiger charge is 2.05. The second-order valence-electron chi connectivity index (χ2n) is 3.98. The maximum atomic E-state index is 4.60. The molecule has 3 aromatic rings. The molecule has 0 aliphatic heterocycles. The maximum absolute atomic E-state index is 4.60. The van der Waals surface area contributed by atoms with Crippen LogP contribution in [0.5, 0.6) is 0 Å². The molecule has 0 aliphatic carbocycles. The summed E-state index contributed by atoms with van der Waals surface area (Å²) in [7, 11) is 0. The fourth-order valence-electron chi connectivity index (χ4n) is 1.97. The van der Waals surface area contributed by atoms with Gasteiger partial charge in [-0.05, 0) is 36.8 Å². The minimum atomic E-state index is 0.953. The van der Waals surface area contributed by atoms with Gasteiger partial charge in [-0.3, -0.25) is 4.98 Å². The van der Waals surface area contributed by atoms with Crippen LogP contribution in [0.1, 0.15) is 12.6 Å². The molecule has 0 amide bonds. The average molecular weight is 223 g/mol. The predicted octanol–water partition coefficient (Wildman–Crippen LogP) is 2.96. The lowest BCUT2D eigenvalue weighted by molar-refractivity contribution is 0.903. The van der Waals surface area contributed by atoms with Crippen molar-refractivity contribution in [2.45, 2.75) is 13.3 Å². The van der Waals surface area contributed by atoms with Crippen LogP contribution in [-0.4, -0.2) is 14.6 Å². The molecule has 84 valence electrons. The average Bonchev–Trinajstić information content (AvgIpc) is 2.82. The van der Waals surface area contributed by atoms with Crippen molar-refractivity contribution in [2.75, 3.05) is 0 Å². The topological polar surface area (TPSA) is 30.2 Å². The Bertz CT molecular complexity index is 641. The van der Waals surface area contributed by atoms with E-state index in [1.54, 1.807) is 6.20 Å². The van der Waals surface area contributed by atoms with Gasteiger partial charge in [0.25, 0.3) is 0 Å². The third-order valence-electron chi connectivity index (χ3n) is 2.86. The van der Waals surface area contributed by atoms with Gasteiger partial charge in [0.1, 0.15) is 0 Å². The lowest BCUT2D eigenvalue weighted by Gasteiger charge is -2.03. The summed E-state index contributed by atoms with van der Waals surface area (Å²) in [6, 6.07) is 12.3. The van der Waals surface area contributed by atoms with Crippen molar-refractivity contribution in [1.29, 1.82) is 0 Å². The Kier molecular flexibility index (Phi) is 2.37. The predicted molar refractivity (Wildman–Crippen MR) is 67.8 cm³/mol. The van der Waals surface area contributed by atoms with Crippen LogP contribution in [0.2, 0.25) is 0 Å². The van der Waals surface area contributed by atoms with Crippen LogP contribution < -0.4 is 0 Å². The highest BCUT2D eigenvalue weighted by atomic mass is 15.2. The highest BCUT2D eigenvalue weighted by Crippen LogP contribution is 2.20. The van der Waals surface area contributed by atoms with Gasteiger partial charge in [-0.25, -0.2) is 4.52 Å². The van der Waals surface area contributed by atoms with Crippen molar-refractivity contribution in [3.8, 4) is 11.3 Å². The number of fused-ring (bicyclic) bond motifs is 1. The second-order valence-corrected chi connectivity index (χ2v) is 3.98. The van der Waals surface area contributed by atoms with E-state index in [1.807, 2.05) is 16.8 Å². The molecular formula is C14H13N3. The monoisotopic (exact) mass is 223 g/mol. The van der Waals surface area contributed by atoms with Crippen molar-refractivity contribution in [3.63, 3.8) is 0 Å². The van der Waals surface area contributed by atoms with Crippen molar-refractivity contribution < 1.29 is 0 Å². The molecule has 3 rings (SSSR count). The molecule has 0 N–H and O–H groups in total. The van der Waals surface area contributed by atoms with Crippen LogP contribution in [0.25, 0.3) is 16.8 Å². The summed E-state index contributed by atoms with van der Waals surface area (Å²) in [4.78, 5) is 4.15. The van der Waals surface area contributed by atoms with Gasteiger partial charge in [0, 0.05) is 18.0 Å². The minimum Gasteiger partial charge on any atom is -0.264 e. The maximum Gasteiger partial charge on any atom is 0.0740 e. The number of pyridine rings is 2. The Balaban J connectivity index is 2.26. The highest BCUT2D eigenvalue weighted by molar-refractivity contribution is 5.63. The van der Waals surface area contributed by atoms with Gasteiger partial charge >= 0.3 is 0 Å². The zero-order chi connectivity index (χ0) is 11.7. The van der Waals surface area contributed by atoms with Crippen LogP contribution in [0.15, 0.2) is 48.8 Å². The number of hydrogen-bond acceptors (Lipinski definition) is 2. The summed E-state index contributed by atoms with van der Waals surface area (Å²) in [5, 5.41) is 4.60. The molecule has 0 radical (unpaired) electrons. The van der Waals surface area contributed by atoms with Gasteiger partial charge in [0.05, 0.1) is 16.9 Å². The van der Waals surface area contributed by atoms with Crippen LogP contribution in [0, 0.1) is 0 Å². The molecule has 0 aliphatic rings. The van der Waals surface area contributed by atoms with E-state index in [0.717, 1.165) is 28.9 Å². The quantitative estimate of drug-likeness (QED) is 0.668. The summed E-state index contributed by atoms with van der Waals surface area (Å²) >= 11 is 0. The molecule has 0 atom stereocenters. The zero-order valence-electron chi connectivity index (χ0n) is 9.67. The molecule has 3 heteroatoms. The zero-order valence-corrected chi connectivity index (χ0v) is 9.67. The van der Waals surface area contributed by atoms with Gasteiger partial charge in [-0.15, -0.1) is 0 Å². The molecule has 0 bridgehead atoms. The standard InChI is InChI=1S/C14H13N3/c1-2-12-9-13-6-3-7-14(17(13)16-12)11-5-4-8-15-10-11/h3-10H,2H2,1H3. The molecule has 3 heterocycles. The van der Waals surface area contributed by atoms with Gasteiger partial charge in [0.15, 0.2) is 0 Å². The van der Waals surface area contributed by atoms with E-state index in [9.17, 15) is 0 Å². The Labute approximate surface area is 99.7 Å². The van der Waals surface area contributed by atoms with Crippen molar-refractivity contribution >= 4 is 5.52 Å². The van der Waals surface area contributed by atoms with Gasteiger partial charge in [-0.1, -0.05) is 13.0 Å². The lowest BCUT2D eigenvalue weighted by Crippen LogP contribution is -1.94. The van der Waals surface area contributed by atoms with Crippen LogP contribution in [-0.2, 0) is 6.42 Å². The molecule has 17 heavy (non-hydrogen) atoms. The molecule has 0 unspecified atom stereocenters. The molecule has 0 saturated carbocycles. The smallest absolute Gasteiger partial charge is 0.0740 e. The minimum absolute atomic E-state index is 0.953. The molecule has 3 aromatic heterocycles. The van der Waals surface area contributed by atoms with Crippen molar-refractivity contribution in [1.82, 2.24) is 14.6 Å². The van der Waals surface area contributed by atoms with Crippen molar-refractivity contribution in [2.24, 2.45) is 0 Å². The number of aryl methyl sites for hydroxylation is 1. The first-order chi connectivity index (χ1) is 8.38. The number of aromatic nitrogens is 3. The third-order valence-corrected chi connectivity index (χ3v) is 2.86. The Morgan fingerprint density at radius 2 is 2.12 bits per heavy atom. The first-order valence-corrected chi connectivity index (χ1v) is 5.76. The fraction of sp³-hybridized carbons (Fsp3) is 0.143. The van der Waals surface area contributed by atoms with Crippen LogP contribution in [0.3, 0.4) is 0 Å². The van der Waals surface area contributed by atoms with E-state index in [2.05, 4.69) is 47.3 Å². The second kappa shape index (κ2) is 4.01. The first-order valence-electron chi connectivity index (χ1n) is 5.76. The van der Waals surface area contributed by atoms with E-state index in [-0.39, 0.29) is 0 Å².